The molecule has 1 aromatic rings. The van der Waals surface area contributed by atoms with Gasteiger partial charge in [0.15, 0.2) is 0 Å². The number of anilines is 1. The molecule has 2 aliphatic rings. The Morgan fingerprint density at radius 1 is 1.30 bits per heavy atom. The number of pyridine rings is 1. The lowest BCUT2D eigenvalue weighted by molar-refractivity contribution is -0.0545. The molecule has 6 heteroatoms. The topological polar surface area (TPSA) is 57.7 Å². The molecule has 3 rings (SSSR count). The average molecular weight is 318 g/mol. The lowest BCUT2D eigenvalue weighted by Gasteiger charge is -2.35. The van der Waals surface area contributed by atoms with Crippen molar-refractivity contribution in [2.45, 2.75) is 45.4 Å². The molecule has 2 amide bonds. The number of urea groups is 1. The first-order chi connectivity index (χ1) is 11.1. The number of carbonyl (C=O) groups is 1. The number of nitrogens with zero attached hydrogens (tertiary/aromatic N) is 3. The number of aromatic nitrogens is 1. The lowest BCUT2D eigenvalue weighted by atomic mass is 10.2. The van der Waals surface area contributed by atoms with Gasteiger partial charge in [-0.05, 0) is 44.4 Å². The van der Waals surface area contributed by atoms with Gasteiger partial charge in [0, 0.05) is 38.9 Å². The van der Waals surface area contributed by atoms with Crippen LogP contribution in [0.2, 0.25) is 0 Å². The molecule has 6 nitrogen and oxygen atoms in total. The second kappa shape index (κ2) is 7.17. The maximum Gasteiger partial charge on any atom is 0.317 e. The largest absolute Gasteiger partial charge is 0.372 e. The van der Waals surface area contributed by atoms with Crippen molar-refractivity contribution in [3.05, 3.63) is 23.9 Å². The quantitative estimate of drug-likeness (QED) is 0.926. The number of nitrogens with one attached hydrogen (secondary N) is 1. The molecule has 126 valence electrons. The molecular formula is C17H26N4O2. The van der Waals surface area contributed by atoms with E-state index in [0.717, 1.165) is 24.5 Å². The molecule has 0 saturated carbocycles. The molecule has 23 heavy (non-hydrogen) atoms. The summed E-state index contributed by atoms with van der Waals surface area (Å²) in [6.07, 6.45) is 4.47. The molecular weight excluding hydrogens is 292 g/mol. The fourth-order valence-corrected chi connectivity index (χ4v) is 3.32. The maximum atomic E-state index is 12.3. The number of hydrogen-bond donors (Lipinski definition) is 1. The summed E-state index contributed by atoms with van der Waals surface area (Å²) in [6, 6.07) is 4.02. The van der Waals surface area contributed by atoms with Crippen LogP contribution in [-0.2, 0) is 11.3 Å². The Morgan fingerprint density at radius 2 is 2.00 bits per heavy atom. The smallest absolute Gasteiger partial charge is 0.317 e. The van der Waals surface area contributed by atoms with Crippen molar-refractivity contribution in [2.24, 2.45) is 0 Å². The van der Waals surface area contributed by atoms with Crippen molar-refractivity contribution >= 4 is 11.8 Å². The number of ether oxygens (including phenoxy) is 1. The van der Waals surface area contributed by atoms with E-state index in [0.29, 0.717) is 19.6 Å². The van der Waals surface area contributed by atoms with Crippen LogP contribution in [0.5, 0.6) is 0 Å². The van der Waals surface area contributed by atoms with Gasteiger partial charge in [0.25, 0.3) is 0 Å². The van der Waals surface area contributed by atoms with Crippen LogP contribution in [0.4, 0.5) is 10.6 Å². The second-order valence-electron chi connectivity index (χ2n) is 6.54. The molecule has 0 aromatic carbocycles. The highest BCUT2D eigenvalue weighted by Crippen LogP contribution is 2.18. The van der Waals surface area contributed by atoms with Gasteiger partial charge in [-0.2, -0.15) is 0 Å². The molecule has 3 heterocycles. The normalized spacial score (nSPS) is 24.8. The van der Waals surface area contributed by atoms with E-state index in [1.807, 2.05) is 31.0 Å². The summed E-state index contributed by atoms with van der Waals surface area (Å²) in [5.41, 5.74) is 1.09. The van der Waals surface area contributed by atoms with E-state index in [-0.39, 0.29) is 18.2 Å². The molecule has 0 bridgehead atoms. The zero-order valence-corrected chi connectivity index (χ0v) is 14.0. The van der Waals surface area contributed by atoms with Crippen molar-refractivity contribution in [3.63, 3.8) is 0 Å². The summed E-state index contributed by atoms with van der Waals surface area (Å²) in [7, 11) is 0. The van der Waals surface area contributed by atoms with Crippen molar-refractivity contribution in [2.75, 3.05) is 31.1 Å². The molecule has 0 unspecified atom stereocenters. The zero-order valence-electron chi connectivity index (χ0n) is 14.0. The van der Waals surface area contributed by atoms with Crippen LogP contribution in [0.15, 0.2) is 18.3 Å². The third-order valence-electron chi connectivity index (χ3n) is 4.39. The van der Waals surface area contributed by atoms with Crippen molar-refractivity contribution in [1.82, 2.24) is 15.2 Å². The maximum absolute atomic E-state index is 12.3. The molecule has 2 aliphatic heterocycles. The van der Waals surface area contributed by atoms with E-state index in [1.54, 1.807) is 0 Å². The van der Waals surface area contributed by atoms with E-state index in [2.05, 4.69) is 21.3 Å². The van der Waals surface area contributed by atoms with Gasteiger partial charge in [0.2, 0.25) is 0 Å². The van der Waals surface area contributed by atoms with Crippen molar-refractivity contribution in [3.8, 4) is 0 Å². The van der Waals surface area contributed by atoms with E-state index in [1.165, 1.54) is 12.8 Å². The van der Waals surface area contributed by atoms with Crippen LogP contribution in [0.25, 0.3) is 0 Å². The Bertz CT molecular complexity index is 535. The monoisotopic (exact) mass is 318 g/mol. The Balaban J connectivity index is 1.55. The van der Waals surface area contributed by atoms with Crippen LogP contribution in [0.1, 0.15) is 32.3 Å². The van der Waals surface area contributed by atoms with Gasteiger partial charge in [0.1, 0.15) is 5.82 Å². The fourth-order valence-electron chi connectivity index (χ4n) is 3.32. The van der Waals surface area contributed by atoms with Gasteiger partial charge >= 0.3 is 6.03 Å². The van der Waals surface area contributed by atoms with Crippen LogP contribution in [-0.4, -0.2) is 54.3 Å². The van der Waals surface area contributed by atoms with Gasteiger partial charge in [-0.1, -0.05) is 0 Å². The van der Waals surface area contributed by atoms with Crippen molar-refractivity contribution < 1.29 is 9.53 Å². The van der Waals surface area contributed by atoms with Gasteiger partial charge in [0.05, 0.1) is 12.2 Å². The number of morpholine rings is 1. The summed E-state index contributed by atoms with van der Waals surface area (Å²) in [6.45, 7) is 7.97. The summed E-state index contributed by atoms with van der Waals surface area (Å²) < 4.78 is 5.67. The Kier molecular flexibility index (Phi) is 5.00. The standard InChI is InChI=1S/C17H26N4O2/c1-13-11-21(12-14(2)23-13)17(22)19-10-15-5-6-18-16(9-15)20-7-3-4-8-20/h5-6,9,13-14H,3-4,7-8,10-12H2,1-2H3,(H,19,22)/t13-,14+. The Hall–Kier alpha value is -1.82. The highest BCUT2D eigenvalue weighted by atomic mass is 16.5. The first kappa shape index (κ1) is 16.1. The minimum atomic E-state index is -0.0217. The molecule has 2 fully saturated rings. The van der Waals surface area contributed by atoms with E-state index < -0.39 is 0 Å². The van der Waals surface area contributed by atoms with E-state index in [9.17, 15) is 4.79 Å². The van der Waals surface area contributed by atoms with Crippen molar-refractivity contribution in [1.29, 1.82) is 0 Å². The molecule has 1 N–H and O–H groups in total. The fraction of sp³-hybridized carbons (Fsp3) is 0.647. The SMILES string of the molecule is C[C@@H]1CN(C(=O)NCc2ccnc(N3CCCC3)c2)C[C@H](C)O1. The first-order valence-electron chi connectivity index (χ1n) is 8.50. The minimum absolute atomic E-state index is 0.0217. The molecule has 0 spiro atoms. The summed E-state index contributed by atoms with van der Waals surface area (Å²) >= 11 is 0. The van der Waals surface area contributed by atoms with Crippen LogP contribution in [0, 0.1) is 0 Å². The summed E-state index contributed by atoms with van der Waals surface area (Å²) in [4.78, 5) is 20.9. The Morgan fingerprint density at radius 3 is 2.70 bits per heavy atom. The molecule has 0 radical (unpaired) electrons. The number of hydrogen-bond acceptors (Lipinski definition) is 4. The van der Waals surface area contributed by atoms with Gasteiger partial charge in [-0.15, -0.1) is 0 Å². The summed E-state index contributed by atoms with van der Waals surface area (Å²) in [5, 5.41) is 3.01. The first-order valence-corrected chi connectivity index (χ1v) is 8.50. The van der Waals surface area contributed by atoms with Crippen LogP contribution < -0.4 is 10.2 Å². The van der Waals surface area contributed by atoms with Gasteiger partial charge in [-0.3, -0.25) is 0 Å². The average Bonchev–Trinajstić information content (AvgIpc) is 3.06. The summed E-state index contributed by atoms with van der Waals surface area (Å²) in [5.74, 6) is 1.02. The number of amides is 2. The minimum Gasteiger partial charge on any atom is -0.372 e. The molecule has 2 saturated heterocycles. The lowest BCUT2D eigenvalue weighted by Crippen LogP contribution is -2.51. The van der Waals surface area contributed by atoms with Crippen LogP contribution in [0.3, 0.4) is 0 Å². The van der Waals surface area contributed by atoms with E-state index in [4.69, 9.17) is 4.74 Å². The zero-order chi connectivity index (χ0) is 16.2. The predicted molar refractivity (Wildman–Crippen MR) is 89.5 cm³/mol. The Labute approximate surface area is 137 Å². The highest BCUT2D eigenvalue weighted by Gasteiger charge is 2.25. The number of rotatable bonds is 3. The molecule has 0 aliphatic carbocycles. The number of carbonyl (C=O) groups excluding carboxylic acids is 1. The third-order valence-corrected chi connectivity index (χ3v) is 4.39. The second-order valence-corrected chi connectivity index (χ2v) is 6.54. The third kappa shape index (κ3) is 4.13. The van der Waals surface area contributed by atoms with E-state index >= 15 is 0 Å². The highest BCUT2D eigenvalue weighted by molar-refractivity contribution is 5.74. The van der Waals surface area contributed by atoms with Crippen LogP contribution >= 0.6 is 0 Å². The molecule has 1 aromatic heterocycles. The predicted octanol–water partition coefficient (Wildman–Crippen LogP) is 2.00. The van der Waals surface area contributed by atoms with Gasteiger partial charge < -0.3 is 19.9 Å². The molecule has 2 atom stereocenters. The van der Waals surface area contributed by atoms with Gasteiger partial charge in [-0.25, -0.2) is 9.78 Å².